The molecule has 1 aliphatic heterocycles. The van der Waals surface area contributed by atoms with Crippen LogP contribution >= 0.6 is 0 Å². The summed E-state index contributed by atoms with van der Waals surface area (Å²) in [7, 11) is 0. The second-order valence-electron chi connectivity index (χ2n) is 6.80. The Labute approximate surface area is 136 Å². The Bertz CT molecular complexity index is 645. The molecular formula is C16H23N5O2. The molecule has 0 spiro atoms. The van der Waals surface area contributed by atoms with Gasteiger partial charge in [-0.25, -0.2) is 4.79 Å². The minimum absolute atomic E-state index is 0.0280. The maximum atomic E-state index is 11.8. The zero-order valence-electron chi connectivity index (χ0n) is 14.3. The molecule has 1 amide bonds. The van der Waals surface area contributed by atoms with Crippen molar-refractivity contribution >= 4 is 11.9 Å². The number of nitrogens with zero attached hydrogens (tertiary/aromatic N) is 4. The average molecular weight is 317 g/mol. The van der Waals surface area contributed by atoms with Crippen molar-refractivity contribution in [1.82, 2.24) is 15.5 Å². The van der Waals surface area contributed by atoms with Crippen molar-refractivity contribution in [2.75, 3.05) is 18.0 Å². The minimum Gasteiger partial charge on any atom is -0.444 e. The lowest BCUT2D eigenvalue weighted by atomic mass is 10.1. The van der Waals surface area contributed by atoms with E-state index >= 15 is 0 Å². The molecule has 23 heavy (non-hydrogen) atoms. The highest BCUT2D eigenvalue weighted by Crippen LogP contribution is 2.24. The van der Waals surface area contributed by atoms with Crippen LogP contribution in [-0.2, 0) is 4.74 Å². The van der Waals surface area contributed by atoms with Crippen LogP contribution in [-0.4, -0.2) is 41.0 Å². The molecule has 1 atom stereocenters. The molecule has 2 heterocycles. The first-order valence-corrected chi connectivity index (χ1v) is 7.69. The number of hydrogen-bond donors (Lipinski definition) is 1. The van der Waals surface area contributed by atoms with Crippen LogP contribution in [0.2, 0.25) is 0 Å². The van der Waals surface area contributed by atoms with Gasteiger partial charge in [0.2, 0.25) is 0 Å². The number of amides is 1. The lowest BCUT2D eigenvalue weighted by Crippen LogP contribution is -2.40. The van der Waals surface area contributed by atoms with Crippen molar-refractivity contribution in [3.05, 3.63) is 16.8 Å². The summed E-state index contributed by atoms with van der Waals surface area (Å²) in [4.78, 5) is 13.8. The Balaban J connectivity index is 2.05. The lowest BCUT2D eigenvalue weighted by molar-refractivity contribution is 0.0509. The average Bonchev–Trinajstić information content (AvgIpc) is 2.87. The first kappa shape index (κ1) is 17.0. The van der Waals surface area contributed by atoms with Crippen LogP contribution < -0.4 is 10.2 Å². The van der Waals surface area contributed by atoms with Gasteiger partial charge in [-0.1, -0.05) is 0 Å². The van der Waals surface area contributed by atoms with Gasteiger partial charge in [-0.05, 0) is 46.6 Å². The zero-order chi connectivity index (χ0) is 17.2. The van der Waals surface area contributed by atoms with Crippen LogP contribution in [0, 0.1) is 25.2 Å². The van der Waals surface area contributed by atoms with E-state index in [0.717, 1.165) is 17.7 Å². The number of nitrogens with one attached hydrogen (secondary N) is 1. The Kier molecular flexibility index (Phi) is 4.73. The van der Waals surface area contributed by atoms with Crippen LogP contribution in [0.3, 0.4) is 0 Å². The van der Waals surface area contributed by atoms with Crippen molar-refractivity contribution in [1.29, 1.82) is 5.26 Å². The largest absolute Gasteiger partial charge is 0.444 e. The lowest BCUT2D eigenvalue weighted by Gasteiger charge is -2.22. The second-order valence-corrected chi connectivity index (χ2v) is 6.80. The van der Waals surface area contributed by atoms with E-state index in [1.165, 1.54) is 0 Å². The summed E-state index contributed by atoms with van der Waals surface area (Å²) >= 11 is 0. The molecule has 1 saturated heterocycles. The third kappa shape index (κ3) is 4.09. The molecule has 0 radical (unpaired) electrons. The van der Waals surface area contributed by atoms with E-state index in [1.54, 1.807) is 0 Å². The fourth-order valence-electron chi connectivity index (χ4n) is 2.50. The molecule has 7 heteroatoms. The number of nitriles is 1. The van der Waals surface area contributed by atoms with E-state index in [9.17, 15) is 10.1 Å². The van der Waals surface area contributed by atoms with E-state index in [-0.39, 0.29) is 6.04 Å². The Morgan fingerprint density at radius 2 is 2.09 bits per heavy atom. The van der Waals surface area contributed by atoms with Gasteiger partial charge in [0, 0.05) is 13.1 Å². The number of carbonyl (C=O) groups excluding carboxylic acids is 1. The van der Waals surface area contributed by atoms with Gasteiger partial charge in [-0.3, -0.25) is 0 Å². The summed E-state index contributed by atoms with van der Waals surface area (Å²) in [5, 5.41) is 20.5. The van der Waals surface area contributed by atoms with Crippen LogP contribution in [0.5, 0.6) is 0 Å². The molecule has 1 aromatic rings. The third-order valence-corrected chi connectivity index (χ3v) is 3.76. The number of anilines is 1. The summed E-state index contributed by atoms with van der Waals surface area (Å²) in [6.45, 7) is 10.5. The number of carbonyl (C=O) groups is 1. The van der Waals surface area contributed by atoms with Gasteiger partial charge < -0.3 is 15.0 Å². The molecule has 2 rings (SSSR count). The van der Waals surface area contributed by atoms with Crippen molar-refractivity contribution < 1.29 is 9.53 Å². The molecule has 0 aromatic carbocycles. The first-order valence-electron chi connectivity index (χ1n) is 7.69. The molecule has 1 aromatic heterocycles. The number of hydrogen-bond acceptors (Lipinski definition) is 6. The Hall–Kier alpha value is -2.36. The fraction of sp³-hybridized carbons (Fsp3) is 0.625. The van der Waals surface area contributed by atoms with Gasteiger partial charge in [0.25, 0.3) is 0 Å². The Morgan fingerprint density at radius 1 is 1.39 bits per heavy atom. The molecule has 7 nitrogen and oxygen atoms in total. The highest BCUT2D eigenvalue weighted by Gasteiger charge is 2.29. The van der Waals surface area contributed by atoms with Crippen molar-refractivity contribution in [2.24, 2.45) is 0 Å². The summed E-state index contributed by atoms with van der Waals surface area (Å²) in [6.07, 6.45) is 0.356. The van der Waals surface area contributed by atoms with E-state index < -0.39 is 11.7 Å². The van der Waals surface area contributed by atoms with Gasteiger partial charge in [0.15, 0.2) is 5.82 Å². The molecule has 124 valence electrons. The number of alkyl carbamates (subject to hydrolysis) is 1. The summed E-state index contributed by atoms with van der Waals surface area (Å²) < 4.78 is 5.27. The topological polar surface area (TPSA) is 91.1 Å². The van der Waals surface area contributed by atoms with Gasteiger partial charge in [0.05, 0.1) is 11.7 Å². The zero-order valence-corrected chi connectivity index (χ0v) is 14.3. The van der Waals surface area contributed by atoms with Crippen LogP contribution in [0.25, 0.3) is 0 Å². The minimum atomic E-state index is -0.518. The van der Waals surface area contributed by atoms with Gasteiger partial charge >= 0.3 is 6.09 Å². The summed E-state index contributed by atoms with van der Waals surface area (Å²) in [5.74, 6) is 0.587. The maximum absolute atomic E-state index is 11.8. The van der Waals surface area contributed by atoms with Crippen molar-refractivity contribution in [3.63, 3.8) is 0 Å². The molecule has 1 fully saturated rings. The summed E-state index contributed by atoms with van der Waals surface area (Å²) in [5.41, 5.74) is 1.64. The predicted octanol–water partition coefficient (Wildman–Crippen LogP) is 2.07. The number of ether oxygens (including phenoxy) is 1. The molecule has 0 saturated carbocycles. The molecule has 1 N–H and O–H groups in total. The third-order valence-electron chi connectivity index (χ3n) is 3.76. The van der Waals surface area contributed by atoms with E-state index in [1.807, 2.05) is 39.5 Å². The Morgan fingerprint density at radius 3 is 2.70 bits per heavy atom. The van der Waals surface area contributed by atoms with Crippen molar-refractivity contribution in [2.45, 2.75) is 52.7 Å². The van der Waals surface area contributed by atoms with E-state index in [2.05, 4.69) is 21.6 Å². The van der Waals surface area contributed by atoms with Crippen molar-refractivity contribution in [3.8, 4) is 6.07 Å². The quantitative estimate of drug-likeness (QED) is 0.898. The highest BCUT2D eigenvalue weighted by molar-refractivity contribution is 5.68. The monoisotopic (exact) mass is 317 g/mol. The standard InChI is InChI=1S/C16H23N5O2/c1-10-11(2)19-20-14(13(10)8-17)21-7-6-12(9-21)18-15(22)23-16(3,4)5/h12H,6-7,9H2,1-5H3,(H,18,22)/t12-/m1/s1. The predicted molar refractivity (Wildman–Crippen MR) is 86.2 cm³/mol. The van der Waals surface area contributed by atoms with Crippen LogP contribution in [0.15, 0.2) is 0 Å². The molecule has 0 aliphatic carbocycles. The SMILES string of the molecule is Cc1nnc(N2CC[C@@H](NC(=O)OC(C)(C)C)C2)c(C#N)c1C. The molecular weight excluding hydrogens is 294 g/mol. The van der Waals surface area contributed by atoms with Gasteiger partial charge in [0.1, 0.15) is 17.2 Å². The second kappa shape index (κ2) is 6.41. The van der Waals surface area contributed by atoms with E-state index in [0.29, 0.717) is 24.5 Å². The maximum Gasteiger partial charge on any atom is 0.407 e. The van der Waals surface area contributed by atoms with Crippen LogP contribution in [0.4, 0.5) is 10.6 Å². The smallest absolute Gasteiger partial charge is 0.407 e. The normalized spacial score (nSPS) is 17.7. The van der Waals surface area contributed by atoms with E-state index in [4.69, 9.17) is 4.74 Å². The van der Waals surface area contributed by atoms with Gasteiger partial charge in [-0.2, -0.15) is 10.4 Å². The molecule has 1 aliphatic rings. The highest BCUT2D eigenvalue weighted by atomic mass is 16.6. The van der Waals surface area contributed by atoms with Gasteiger partial charge in [-0.15, -0.1) is 5.10 Å². The van der Waals surface area contributed by atoms with Crippen LogP contribution in [0.1, 0.15) is 44.0 Å². The summed E-state index contributed by atoms with van der Waals surface area (Å²) in [6, 6.07) is 2.18. The first-order chi connectivity index (χ1) is 10.7. The number of aryl methyl sites for hydroxylation is 1. The molecule has 0 bridgehead atoms. The number of rotatable bonds is 2. The molecule has 0 unspecified atom stereocenters. The number of aromatic nitrogens is 2. The fourth-order valence-corrected chi connectivity index (χ4v) is 2.50.